The first-order valence-electron chi connectivity index (χ1n) is 5.70. The SMILES string of the molecule is COC(=O)C1=CC(C#N)=CC(c2ccccc2)C1. The summed E-state index contributed by atoms with van der Waals surface area (Å²) in [5.41, 5.74) is 2.15. The third kappa shape index (κ3) is 2.49. The van der Waals surface area contributed by atoms with E-state index in [1.54, 1.807) is 6.08 Å². The van der Waals surface area contributed by atoms with E-state index < -0.39 is 0 Å². The molecule has 0 radical (unpaired) electrons. The quantitative estimate of drug-likeness (QED) is 0.745. The second kappa shape index (κ2) is 5.33. The molecule has 1 atom stereocenters. The lowest BCUT2D eigenvalue weighted by molar-refractivity contribution is -0.136. The molecule has 2 rings (SSSR count). The Labute approximate surface area is 106 Å². The Bertz CT molecular complexity index is 550. The lowest BCUT2D eigenvalue weighted by Crippen LogP contribution is -2.12. The van der Waals surface area contributed by atoms with Gasteiger partial charge in [0.05, 0.1) is 13.2 Å². The van der Waals surface area contributed by atoms with Crippen molar-refractivity contribution in [3.8, 4) is 6.07 Å². The molecule has 1 aliphatic rings. The average molecular weight is 239 g/mol. The molecule has 0 amide bonds. The van der Waals surface area contributed by atoms with Gasteiger partial charge in [0.25, 0.3) is 0 Å². The molecule has 0 heterocycles. The average Bonchev–Trinajstić information content (AvgIpc) is 2.46. The smallest absolute Gasteiger partial charge is 0.333 e. The highest BCUT2D eigenvalue weighted by molar-refractivity contribution is 5.90. The van der Waals surface area contributed by atoms with E-state index in [4.69, 9.17) is 10.00 Å². The first-order valence-corrected chi connectivity index (χ1v) is 5.70. The second-order valence-corrected chi connectivity index (χ2v) is 4.12. The molecule has 0 saturated carbocycles. The minimum atomic E-state index is -0.364. The summed E-state index contributed by atoms with van der Waals surface area (Å²) in [6, 6.07) is 11.9. The summed E-state index contributed by atoms with van der Waals surface area (Å²) in [6.07, 6.45) is 4.06. The number of esters is 1. The van der Waals surface area contributed by atoms with Gasteiger partial charge in [0, 0.05) is 17.1 Å². The summed E-state index contributed by atoms with van der Waals surface area (Å²) >= 11 is 0. The van der Waals surface area contributed by atoms with Crippen molar-refractivity contribution in [3.05, 3.63) is 59.2 Å². The summed E-state index contributed by atoms with van der Waals surface area (Å²) in [6.45, 7) is 0. The van der Waals surface area contributed by atoms with Crippen molar-refractivity contribution >= 4 is 5.97 Å². The fourth-order valence-corrected chi connectivity index (χ4v) is 2.06. The fourth-order valence-electron chi connectivity index (χ4n) is 2.06. The predicted molar refractivity (Wildman–Crippen MR) is 67.6 cm³/mol. The Kier molecular flexibility index (Phi) is 3.59. The summed E-state index contributed by atoms with van der Waals surface area (Å²) in [5, 5.41) is 9.01. The number of benzene rings is 1. The molecule has 0 fully saturated rings. The topological polar surface area (TPSA) is 50.1 Å². The summed E-state index contributed by atoms with van der Waals surface area (Å²) in [4.78, 5) is 11.6. The number of hydrogen-bond acceptors (Lipinski definition) is 3. The number of methoxy groups -OCH3 is 1. The van der Waals surface area contributed by atoms with Crippen LogP contribution in [0.1, 0.15) is 17.9 Å². The minimum absolute atomic E-state index is 0.0555. The van der Waals surface area contributed by atoms with Gasteiger partial charge in [-0.15, -0.1) is 0 Å². The molecule has 18 heavy (non-hydrogen) atoms. The normalized spacial score (nSPS) is 18.3. The van der Waals surface area contributed by atoms with E-state index in [0.717, 1.165) is 5.56 Å². The Balaban J connectivity index is 2.32. The minimum Gasteiger partial charge on any atom is -0.466 e. The number of hydrogen-bond donors (Lipinski definition) is 0. The fraction of sp³-hybridized carbons (Fsp3) is 0.200. The van der Waals surface area contributed by atoms with Gasteiger partial charge < -0.3 is 4.74 Å². The van der Waals surface area contributed by atoms with Crippen LogP contribution in [-0.4, -0.2) is 13.1 Å². The van der Waals surface area contributed by atoms with Crippen molar-refractivity contribution in [2.45, 2.75) is 12.3 Å². The van der Waals surface area contributed by atoms with Crippen LogP contribution in [0.15, 0.2) is 53.6 Å². The molecule has 1 aromatic carbocycles. The van der Waals surface area contributed by atoms with Crippen molar-refractivity contribution in [3.63, 3.8) is 0 Å². The van der Waals surface area contributed by atoms with Crippen molar-refractivity contribution < 1.29 is 9.53 Å². The molecule has 0 aromatic heterocycles. The van der Waals surface area contributed by atoms with Crippen LogP contribution in [0.4, 0.5) is 0 Å². The lowest BCUT2D eigenvalue weighted by Gasteiger charge is -2.18. The van der Waals surface area contributed by atoms with Gasteiger partial charge in [-0.05, 0) is 18.1 Å². The first-order chi connectivity index (χ1) is 8.74. The Morgan fingerprint density at radius 1 is 1.39 bits per heavy atom. The highest BCUT2D eigenvalue weighted by atomic mass is 16.5. The molecule has 1 aromatic rings. The van der Waals surface area contributed by atoms with Crippen LogP contribution in [-0.2, 0) is 9.53 Å². The van der Waals surface area contributed by atoms with Gasteiger partial charge in [-0.2, -0.15) is 5.26 Å². The van der Waals surface area contributed by atoms with Gasteiger partial charge in [-0.25, -0.2) is 4.79 Å². The maximum atomic E-state index is 11.6. The number of nitrogens with zero attached hydrogens (tertiary/aromatic N) is 1. The second-order valence-electron chi connectivity index (χ2n) is 4.12. The van der Waals surface area contributed by atoms with E-state index in [9.17, 15) is 4.79 Å². The van der Waals surface area contributed by atoms with Gasteiger partial charge in [-0.1, -0.05) is 36.4 Å². The maximum Gasteiger partial charge on any atom is 0.333 e. The Hall–Kier alpha value is -2.34. The molecule has 0 spiro atoms. The first kappa shape index (κ1) is 12.1. The Morgan fingerprint density at radius 2 is 2.11 bits per heavy atom. The molecular formula is C15H13NO2. The number of carbonyl (C=O) groups is 1. The van der Waals surface area contributed by atoms with Gasteiger partial charge in [0.2, 0.25) is 0 Å². The van der Waals surface area contributed by atoms with Gasteiger partial charge in [0.15, 0.2) is 0 Å². The standard InChI is InChI=1S/C15H13NO2/c1-18-15(17)14-8-11(10-16)7-13(9-14)12-5-3-2-4-6-12/h2-8,13H,9H2,1H3. The van der Waals surface area contributed by atoms with Gasteiger partial charge in [-0.3, -0.25) is 0 Å². The monoisotopic (exact) mass is 239 g/mol. The Morgan fingerprint density at radius 3 is 2.72 bits per heavy atom. The zero-order valence-electron chi connectivity index (χ0n) is 10.1. The van der Waals surface area contributed by atoms with Crippen LogP contribution in [0.5, 0.6) is 0 Å². The van der Waals surface area contributed by atoms with Crippen LogP contribution in [0, 0.1) is 11.3 Å². The zero-order valence-corrected chi connectivity index (χ0v) is 10.1. The van der Waals surface area contributed by atoms with E-state index >= 15 is 0 Å². The van der Waals surface area contributed by atoms with Crippen LogP contribution in [0.2, 0.25) is 0 Å². The van der Waals surface area contributed by atoms with Crippen LogP contribution in [0.3, 0.4) is 0 Å². The third-order valence-corrected chi connectivity index (χ3v) is 2.95. The van der Waals surface area contributed by atoms with E-state index in [1.165, 1.54) is 7.11 Å². The molecule has 0 aliphatic heterocycles. The molecule has 0 saturated heterocycles. The van der Waals surface area contributed by atoms with E-state index in [-0.39, 0.29) is 11.9 Å². The van der Waals surface area contributed by atoms with Crippen molar-refractivity contribution in [2.24, 2.45) is 0 Å². The number of allylic oxidation sites excluding steroid dienone is 3. The highest BCUT2D eigenvalue weighted by Gasteiger charge is 2.21. The molecular weight excluding hydrogens is 226 g/mol. The molecule has 0 N–H and O–H groups in total. The van der Waals surface area contributed by atoms with Crippen molar-refractivity contribution in [1.82, 2.24) is 0 Å². The van der Waals surface area contributed by atoms with Crippen molar-refractivity contribution in [2.75, 3.05) is 7.11 Å². The summed E-state index contributed by atoms with van der Waals surface area (Å²) in [7, 11) is 1.35. The zero-order chi connectivity index (χ0) is 13.0. The van der Waals surface area contributed by atoms with E-state index in [0.29, 0.717) is 17.6 Å². The molecule has 90 valence electrons. The van der Waals surface area contributed by atoms with Gasteiger partial charge in [0.1, 0.15) is 0 Å². The number of rotatable bonds is 2. The molecule has 3 nitrogen and oxygen atoms in total. The van der Waals surface area contributed by atoms with E-state index in [2.05, 4.69) is 6.07 Å². The number of nitriles is 1. The molecule has 3 heteroatoms. The van der Waals surface area contributed by atoms with Crippen LogP contribution in [0.25, 0.3) is 0 Å². The number of carbonyl (C=O) groups excluding carboxylic acids is 1. The number of ether oxygens (including phenoxy) is 1. The highest BCUT2D eigenvalue weighted by Crippen LogP contribution is 2.31. The maximum absolute atomic E-state index is 11.6. The van der Waals surface area contributed by atoms with E-state index in [1.807, 2.05) is 36.4 Å². The van der Waals surface area contributed by atoms with Crippen LogP contribution >= 0.6 is 0 Å². The molecule has 1 unspecified atom stereocenters. The largest absolute Gasteiger partial charge is 0.466 e. The summed E-state index contributed by atoms with van der Waals surface area (Å²) in [5.74, 6) is -0.309. The summed E-state index contributed by atoms with van der Waals surface area (Å²) < 4.78 is 4.72. The van der Waals surface area contributed by atoms with Crippen molar-refractivity contribution in [1.29, 1.82) is 5.26 Å². The lowest BCUT2D eigenvalue weighted by atomic mass is 9.86. The molecule has 0 bridgehead atoms. The predicted octanol–water partition coefficient (Wildman–Crippen LogP) is 2.72. The van der Waals surface area contributed by atoms with Crippen LogP contribution < -0.4 is 0 Å². The molecule has 1 aliphatic carbocycles. The van der Waals surface area contributed by atoms with Gasteiger partial charge >= 0.3 is 5.97 Å². The third-order valence-electron chi connectivity index (χ3n) is 2.95.